The van der Waals surface area contributed by atoms with Crippen molar-refractivity contribution in [2.24, 2.45) is 0 Å². The zero-order valence-electron chi connectivity index (χ0n) is 14.1. The molecule has 0 aromatic heterocycles. The Labute approximate surface area is 136 Å². The molecule has 1 aromatic rings. The molecule has 0 saturated carbocycles. The lowest BCUT2D eigenvalue weighted by Crippen LogP contribution is -2.50. The Morgan fingerprint density at radius 1 is 1.17 bits per heavy atom. The van der Waals surface area contributed by atoms with Gasteiger partial charge in [-0.05, 0) is 39.8 Å². The van der Waals surface area contributed by atoms with Crippen molar-refractivity contribution in [2.75, 3.05) is 7.11 Å². The number of hydrogen-bond donors (Lipinski definition) is 0. The second-order valence-electron chi connectivity index (χ2n) is 6.08. The standard InChI is InChI=1S/C17H22N2O4/c1-10(2)19(11(3)4)17(22)16(21)18-9-13-12(15(18)20)7-6-8-14(13)23-5/h6-8,10-11H,9H2,1-5H3. The number of hydrogen-bond acceptors (Lipinski definition) is 4. The summed E-state index contributed by atoms with van der Waals surface area (Å²) in [6.45, 7) is 7.43. The van der Waals surface area contributed by atoms with Crippen molar-refractivity contribution in [3.05, 3.63) is 29.3 Å². The molecule has 0 saturated heterocycles. The molecule has 0 bridgehead atoms. The van der Waals surface area contributed by atoms with E-state index in [4.69, 9.17) is 4.74 Å². The Morgan fingerprint density at radius 2 is 1.78 bits per heavy atom. The van der Waals surface area contributed by atoms with Gasteiger partial charge in [-0.25, -0.2) is 0 Å². The summed E-state index contributed by atoms with van der Waals surface area (Å²) >= 11 is 0. The fourth-order valence-electron chi connectivity index (χ4n) is 2.95. The lowest BCUT2D eigenvalue weighted by Gasteiger charge is -2.31. The van der Waals surface area contributed by atoms with Gasteiger partial charge in [-0.3, -0.25) is 19.3 Å². The van der Waals surface area contributed by atoms with E-state index in [1.54, 1.807) is 18.2 Å². The molecule has 2 rings (SSSR count). The summed E-state index contributed by atoms with van der Waals surface area (Å²) < 4.78 is 5.23. The van der Waals surface area contributed by atoms with Crippen molar-refractivity contribution in [3.63, 3.8) is 0 Å². The van der Waals surface area contributed by atoms with Crippen LogP contribution in [-0.2, 0) is 16.1 Å². The van der Waals surface area contributed by atoms with Crippen LogP contribution in [0.4, 0.5) is 0 Å². The maximum Gasteiger partial charge on any atom is 0.319 e. The zero-order chi connectivity index (χ0) is 17.3. The van der Waals surface area contributed by atoms with Crippen LogP contribution in [0.25, 0.3) is 0 Å². The van der Waals surface area contributed by atoms with Gasteiger partial charge < -0.3 is 9.64 Å². The average Bonchev–Trinajstić information content (AvgIpc) is 2.83. The third-order valence-corrected chi connectivity index (χ3v) is 3.92. The van der Waals surface area contributed by atoms with Gasteiger partial charge in [-0.1, -0.05) is 6.07 Å². The van der Waals surface area contributed by atoms with Crippen LogP contribution in [0.3, 0.4) is 0 Å². The number of methoxy groups -OCH3 is 1. The molecule has 0 spiro atoms. The highest BCUT2D eigenvalue weighted by Crippen LogP contribution is 2.31. The molecule has 0 aliphatic carbocycles. The van der Waals surface area contributed by atoms with Gasteiger partial charge in [0, 0.05) is 23.2 Å². The lowest BCUT2D eigenvalue weighted by atomic mass is 10.1. The highest BCUT2D eigenvalue weighted by molar-refractivity contribution is 6.38. The van der Waals surface area contributed by atoms with Crippen LogP contribution in [0.15, 0.2) is 18.2 Å². The van der Waals surface area contributed by atoms with Gasteiger partial charge in [0.15, 0.2) is 0 Å². The quantitative estimate of drug-likeness (QED) is 0.797. The highest BCUT2D eigenvalue weighted by Gasteiger charge is 2.39. The molecule has 1 aromatic carbocycles. The van der Waals surface area contributed by atoms with E-state index in [9.17, 15) is 14.4 Å². The Bertz CT molecular complexity index is 644. The first-order chi connectivity index (χ1) is 10.8. The van der Waals surface area contributed by atoms with Gasteiger partial charge in [0.1, 0.15) is 5.75 Å². The Morgan fingerprint density at radius 3 is 2.30 bits per heavy atom. The van der Waals surface area contributed by atoms with E-state index in [0.29, 0.717) is 16.9 Å². The first kappa shape index (κ1) is 17.0. The molecule has 0 fully saturated rings. The van der Waals surface area contributed by atoms with Gasteiger partial charge in [-0.15, -0.1) is 0 Å². The molecule has 6 heteroatoms. The minimum atomic E-state index is -0.796. The second-order valence-corrected chi connectivity index (χ2v) is 6.08. The maximum absolute atomic E-state index is 12.5. The highest BCUT2D eigenvalue weighted by atomic mass is 16.5. The van der Waals surface area contributed by atoms with E-state index < -0.39 is 17.7 Å². The SMILES string of the molecule is COc1cccc2c1CN(C(=O)C(=O)N(C(C)C)C(C)C)C2=O. The summed E-state index contributed by atoms with van der Waals surface area (Å²) in [5.41, 5.74) is 1.05. The number of imide groups is 1. The summed E-state index contributed by atoms with van der Waals surface area (Å²) in [4.78, 5) is 40.0. The molecule has 1 aliphatic heterocycles. The summed E-state index contributed by atoms with van der Waals surface area (Å²) in [6.07, 6.45) is 0. The molecular weight excluding hydrogens is 296 g/mol. The van der Waals surface area contributed by atoms with Crippen molar-refractivity contribution in [3.8, 4) is 5.75 Å². The predicted molar refractivity (Wildman–Crippen MR) is 85.0 cm³/mol. The van der Waals surface area contributed by atoms with E-state index in [2.05, 4.69) is 0 Å². The van der Waals surface area contributed by atoms with E-state index in [0.717, 1.165) is 4.90 Å². The van der Waals surface area contributed by atoms with Crippen molar-refractivity contribution in [1.82, 2.24) is 9.80 Å². The number of carbonyl (C=O) groups excluding carboxylic acids is 3. The van der Waals surface area contributed by atoms with Crippen LogP contribution < -0.4 is 4.74 Å². The van der Waals surface area contributed by atoms with Crippen LogP contribution in [0.2, 0.25) is 0 Å². The Balaban J connectivity index is 2.29. The van der Waals surface area contributed by atoms with Gasteiger partial charge in [-0.2, -0.15) is 0 Å². The topological polar surface area (TPSA) is 66.9 Å². The van der Waals surface area contributed by atoms with Crippen molar-refractivity contribution < 1.29 is 19.1 Å². The van der Waals surface area contributed by atoms with Crippen molar-refractivity contribution >= 4 is 17.7 Å². The largest absolute Gasteiger partial charge is 0.496 e. The minimum absolute atomic E-state index is 0.0623. The van der Waals surface area contributed by atoms with Crippen LogP contribution in [0, 0.1) is 0 Å². The number of benzene rings is 1. The molecule has 1 aliphatic rings. The summed E-state index contributed by atoms with van der Waals surface area (Å²) in [5.74, 6) is -1.36. The molecule has 3 amide bonds. The second kappa shape index (κ2) is 6.40. The number of fused-ring (bicyclic) bond motifs is 1. The fourth-order valence-corrected chi connectivity index (χ4v) is 2.95. The third kappa shape index (κ3) is 2.93. The van der Waals surface area contributed by atoms with Crippen molar-refractivity contribution in [1.29, 1.82) is 0 Å². The molecule has 0 unspecified atom stereocenters. The van der Waals surface area contributed by atoms with Crippen LogP contribution in [0.1, 0.15) is 43.6 Å². The lowest BCUT2D eigenvalue weighted by molar-refractivity contribution is -0.152. The van der Waals surface area contributed by atoms with E-state index in [1.807, 2.05) is 27.7 Å². The summed E-state index contributed by atoms with van der Waals surface area (Å²) in [5, 5.41) is 0. The van der Waals surface area contributed by atoms with Crippen LogP contribution in [-0.4, -0.2) is 46.7 Å². The maximum atomic E-state index is 12.5. The van der Waals surface area contributed by atoms with Crippen LogP contribution in [0.5, 0.6) is 5.75 Å². The minimum Gasteiger partial charge on any atom is -0.496 e. The van der Waals surface area contributed by atoms with E-state index in [-0.39, 0.29) is 18.6 Å². The smallest absolute Gasteiger partial charge is 0.319 e. The van der Waals surface area contributed by atoms with Gasteiger partial charge in [0.2, 0.25) is 0 Å². The number of ether oxygens (including phenoxy) is 1. The Kier molecular flexibility index (Phi) is 4.73. The first-order valence-electron chi connectivity index (χ1n) is 7.64. The summed E-state index contributed by atoms with van der Waals surface area (Å²) in [6, 6.07) is 4.82. The monoisotopic (exact) mass is 318 g/mol. The molecular formula is C17H22N2O4. The molecule has 124 valence electrons. The van der Waals surface area contributed by atoms with E-state index in [1.165, 1.54) is 12.0 Å². The number of rotatable bonds is 3. The molecule has 1 heterocycles. The van der Waals surface area contributed by atoms with E-state index >= 15 is 0 Å². The number of nitrogens with zero attached hydrogens (tertiary/aromatic N) is 2. The predicted octanol–water partition coefficient (Wildman–Crippen LogP) is 1.82. The average molecular weight is 318 g/mol. The zero-order valence-corrected chi connectivity index (χ0v) is 14.1. The number of amides is 3. The van der Waals surface area contributed by atoms with Gasteiger partial charge in [0.25, 0.3) is 5.91 Å². The van der Waals surface area contributed by atoms with Gasteiger partial charge in [0.05, 0.1) is 13.7 Å². The van der Waals surface area contributed by atoms with Crippen molar-refractivity contribution in [2.45, 2.75) is 46.3 Å². The first-order valence-corrected chi connectivity index (χ1v) is 7.64. The van der Waals surface area contributed by atoms with Gasteiger partial charge >= 0.3 is 11.8 Å². The Hall–Kier alpha value is -2.37. The van der Waals surface area contributed by atoms with Crippen LogP contribution >= 0.6 is 0 Å². The fraction of sp³-hybridized carbons (Fsp3) is 0.471. The number of carbonyl (C=O) groups is 3. The normalized spacial score (nSPS) is 13.5. The summed E-state index contributed by atoms with van der Waals surface area (Å²) in [7, 11) is 1.51. The third-order valence-electron chi connectivity index (χ3n) is 3.92. The molecule has 0 atom stereocenters. The molecule has 6 nitrogen and oxygen atoms in total. The molecule has 0 radical (unpaired) electrons. The molecule has 0 N–H and O–H groups in total. The molecule has 23 heavy (non-hydrogen) atoms.